The highest BCUT2D eigenvalue weighted by Gasteiger charge is 2.53. The van der Waals surface area contributed by atoms with Crippen LogP contribution in [-0.4, -0.2) is 141 Å². The van der Waals surface area contributed by atoms with Crippen molar-refractivity contribution in [2.75, 3.05) is 27.8 Å². The van der Waals surface area contributed by atoms with Gasteiger partial charge in [-0.2, -0.15) is 0 Å². The van der Waals surface area contributed by atoms with Gasteiger partial charge >= 0.3 is 5.97 Å². The van der Waals surface area contributed by atoms with Crippen molar-refractivity contribution in [3.8, 4) is 0 Å². The molecule has 3 fully saturated rings. The van der Waals surface area contributed by atoms with Crippen LogP contribution < -0.4 is 0 Å². The third-order valence-electron chi connectivity index (χ3n) is 14.8. The van der Waals surface area contributed by atoms with Gasteiger partial charge in [-0.05, 0) is 117 Å². The fraction of sp³-hybridized carbons (Fsp3) is 0.736. The second kappa shape index (κ2) is 25.9. The van der Waals surface area contributed by atoms with Gasteiger partial charge in [-0.25, -0.2) is 9.48 Å². The Labute approximate surface area is 428 Å². The Morgan fingerprint density at radius 1 is 0.986 bits per heavy atom. The number of aliphatic hydroxyl groups excluding tert-OH is 1. The lowest BCUT2D eigenvalue weighted by Gasteiger charge is -2.42. The van der Waals surface area contributed by atoms with E-state index in [9.17, 15) is 36.9 Å². The molecule has 0 radical (unpaired) electrons. The van der Waals surface area contributed by atoms with Crippen LogP contribution in [0, 0.1) is 41.4 Å². The molecule has 1 saturated carbocycles. The Bertz CT molecular complexity index is 2470. The second-order valence-electron chi connectivity index (χ2n) is 19.6. The molecule has 1 unspecified atom stereocenters. The molecule has 4 heterocycles. The number of methoxy groups -OCH3 is 3. The number of nitrogens with zero attached hydrogens (tertiary/aromatic N) is 5. The van der Waals surface area contributed by atoms with Crippen LogP contribution in [0.2, 0.25) is 0 Å². The number of ether oxygens (including phenoxy) is 5. The van der Waals surface area contributed by atoms with Gasteiger partial charge in [0.1, 0.15) is 36.5 Å². The number of Topliss-reactive ketones (excluding diaryl/α,β-unsaturated/α-hetero) is 3. The van der Waals surface area contributed by atoms with Crippen molar-refractivity contribution in [1.82, 2.24) is 25.1 Å². The van der Waals surface area contributed by atoms with Crippen LogP contribution in [0.3, 0.4) is 0 Å². The summed E-state index contributed by atoms with van der Waals surface area (Å²) in [6.07, 6.45) is 0.447. The molecule has 70 heavy (non-hydrogen) atoms. The fourth-order valence-corrected chi connectivity index (χ4v) is 9.98. The Morgan fingerprint density at radius 2 is 1.76 bits per heavy atom. The fourth-order valence-electron chi connectivity index (χ4n) is 9.98. The number of cyclic esters (lactones) is 1. The summed E-state index contributed by atoms with van der Waals surface area (Å²) in [5.74, 6) is -18.3. The zero-order chi connectivity index (χ0) is 60.1. The lowest BCUT2D eigenvalue weighted by Crippen LogP contribution is -2.61. The van der Waals surface area contributed by atoms with Crippen molar-refractivity contribution < 1.29 is 71.6 Å². The van der Waals surface area contributed by atoms with Gasteiger partial charge in [-0.1, -0.05) is 77.9 Å². The van der Waals surface area contributed by atoms with E-state index in [1.807, 2.05) is 0 Å². The summed E-state index contributed by atoms with van der Waals surface area (Å²) in [5, 5.41) is 35.5. The standard InChI is InChI=1S/C53H81N5O12/c1-31-17-13-12-14-18-32(2)44(66-9)28-40-22-20-36(6)53(65,70-40)50(62)51(63)57-24-16-15-19-42(57)52(64)69-45(34(4)26-39-21-23-41(46(27-39)67-10)58-30-54-55-56-58)29-43(59)33(3)25-35(5)47(60)49(68-11)48(61)38(8)37(31)7/h12-14,17-18,25,30-31,33-34,36-42,44-47,49,60,65H,15-16,19-24,26-29H2,1-11H3/b14-12?,17-13+,32-18?,35-25+/t31-,33-,34-,36-,37?,38-,39+,40+,41+,42+,44+,45+,46-,47-,49-,53-/m1/s1/i3D3,9D3,20D2,31D,37D. The van der Waals surface area contributed by atoms with Crippen molar-refractivity contribution in [3.05, 3.63) is 53.9 Å². The first-order valence-electron chi connectivity index (χ1n) is 29.4. The summed E-state index contributed by atoms with van der Waals surface area (Å²) in [6.45, 7) is 6.66. The van der Waals surface area contributed by atoms with Gasteiger partial charge in [0.25, 0.3) is 11.7 Å². The van der Waals surface area contributed by atoms with Crippen molar-refractivity contribution in [2.45, 2.75) is 180 Å². The maximum Gasteiger partial charge on any atom is 0.329 e. The number of amides is 1. The van der Waals surface area contributed by atoms with E-state index in [0.717, 1.165) is 18.1 Å². The number of allylic oxidation sites excluding steroid dienone is 6. The van der Waals surface area contributed by atoms with Gasteiger partial charge in [-0.3, -0.25) is 19.2 Å². The number of tetrazole rings is 1. The molecule has 2 saturated heterocycles. The van der Waals surface area contributed by atoms with E-state index in [1.54, 1.807) is 18.7 Å². The topological polar surface area (TPSA) is 219 Å². The Hall–Kier alpha value is -4.26. The molecular weight excluding hydrogens is 899 g/mol. The average Bonchev–Trinajstić information content (AvgIpc) is 3.93. The second-order valence-corrected chi connectivity index (χ2v) is 19.6. The molecule has 2 N–H and O–H groups in total. The third-order valence-corrected chi connectivity index (χ3v) is 14.8. The first kappa shape index (κ1) is 43.3. The predicted octanol–water partition coefficient (Wildman–Crippen LogP) is 6.29. The van der Waals surface area contributed by atoms with Crippen LogP contribution in [0.25, 0.3) is 0 Å². The van der Waals surface area contributed by atoms with Crippen LogP contribution >= 0.6 is 0 Å². The molecule has 1 aliphatic carbocycles. The molecule has 4 aliphatic rings. The SMILES string of the molecule is [2H]C([2H])([2H])O[C@H]1C[C@@H]2CC([2H])([2H])[C@@H](C)[C@@](O)(O2)C(=O)C(=O)N2CCCC[C@H]2C(=O)O[C@H]([C@H](C)C[C@@H]2CC[C@H](n3cnnn3)[C@H](OC)C2)CC(=O)[C@H](C([2H])([2H])[2H])/C=C(\C)[C@@H](O)[C@@H](OC)C(=O)[C@H](C)C([2H])(C)[C@]([2H])(C)/C=C/C=CC=C1C. The van der Waals surface area contributed by atoms with Crippen LogP contribution in [0.15, 0.2) is 53.9 Å². The third kappa shape index (κ3) is 13.8. The zero-order valence-electron chi connectivity index (χ0n) is 52.0. The van der Waals surface area contributed by atoms with Gasteiger partial charge in [-0.15, -0.1) is 5.10 Å². The lowest BCUT2D eigenvalue weighted by molar-refractivity contribution is -0.265. The summed E-state index contributed by atoms with van der Waals surface area (Å²) >= 11 is 0. The summed E-state index contributed by atoms with van der Waals surface area (Å²) in [5.41, 5.74) is 0.137. The Balaban J connectivity index is 1.61. The van der Waals surface area contributed by atoms with E-state index in [4.69, 9.17) is 34.7 Å². The number of piperidine rings is 1. The molecule has 17 nitrogen and oxygen atoms in total. The molecular formula is C53H81N5O12. The maximum atomic E-state index is 14.7. The molecule has 17 heteroatoms. The highest BCUT2D eigenvalue weighted by Crippen LogP contribution is 2.39. The largest absolute Gasteiger partial charge is 0.460 e. The van der Waals surface area contributed by atoms with E-state index >= 15 is 0 Å². The van der Waals surface area contributed by atoms with E-state index in [2.05, 4.69) is 15.5 Å². The quantitative estimate of drug-likeness (QED) is 0.174. The number of rotatable bonds is 7. The number of hydrogen-bond donors (Lipinski definition) is 2. The minimum Gasteiger partial charge on any atom is -0.460 e. The smallest absolute Gasteiger partial charge is 0.329 e. The Morgan fingerprint density at radius 3 is 2.44 bits per heavy atom. The summed E-state index contributed by atoms with van der Waals surface area (Å²) in [4.78, 5) is 73.6. The molecule has 2 bridgehead atoms. The molecule has 5 rings (SSSR count). The number of carbonyl (C=O) groups excluding carboxylic acids is 5. The van der Waals surface area contributed by atoms with Crippen molar-refractivity contribution in [3.63, 3.8) is 0 Å². The summed E-state index contributed by atoms with van der Waals surface area (Å²) < 4.78 is 116. The number of hydrogen-bond acceptors (Lipinski definition) is 15. The normalized spacial score (nSPS) is 43.5. The van der Waals surface area contributed by atoms with Crippen LogP contribution in [0.1, 0.15) is 146 Å². The van der Waals surface area contributed by atoms with Gasteiger partial charge in [0.15, 0.2) is 5.78 Å². The van der Waals surface area contributed by atoms with Crippen LogP contribution in [0.4, 0.5) is 0 Å². The first-order valence-corrected chi connectivity index (χ1v) is 24.4. The van der Waals surface area contributed by atoms with Gasteiger partial charge in [0.05, 0.1) is 28.5 Å². The number of esters is 1. The van der Waals surface area contributed by atoms with Crippen molar-refractivity contribution in [2.24, 2.45) is 41.4 Å². The van der Waals surface area contributed by atoms with Crippen molar-refractivity contribution >= 4 is 29.2 Å². The van der Waals surface area contributed by atoms with Gasteiger partial charge in [0.2, 0.25) is 5.79 Å². The number of aliphatic hydroxyl groups is 2. The molecule has 0 spiro atoms. The minimum absolute atomic E-state index is 0.0397. The number of fused-ring (bicyclic) bond motifs is 3. The molecule has 16 atom stereocenters. The highest BCUT2D eigenvalue weighted by atomic mass is 16.6. The molecule has 390 valence electrons. The number of aromatic nitrogens is 4. The Kier molecular flexibility index (Phi) is 16.0. The predicted molar refractivity (Wildman–Crippen MR) is 261 cm³/mol. The first-order chi connectivity index (χ1) is 37.0. The molecule has 1 aromatic rings. The van der Waals surface area contributed by atoms with Crippen molar-refractivity contribution in [1.29, 1.82) is 0 Å². The maximum absolute atomic E-state index is 14.7. The van der Waals surface area contributed by atoms with E-state index < -0.39 is 147 Å². The summed E-state index contributed by atoms with van der Waals surface area (Å²) in [6, 6.07) is -1.67. The van der Waals surface area contributed by atoms with Gasteiger partial charge in [0, 0.05) is 68.0 Å². The zero-order valence-corrected chi connectivity index (χ0v) is 42.0. The van der Waals surface area contributed by atoms with Gasteiger partial charge < -0.3 is 38.8 Å². The molecule has 1 amide bonds. The van der Waals surface area contributed by atoms with Crippen LogP contribution in [0.5, 0.6) is 0 Å². The van der Waals surface area contributed by atoms with E-state index in [1.165, 1.54) is 78.2 Å². The molecule has 0 aromatic carbocycles. The van der Waals surface area contributed by atoms with E-state index in [-0.39, 0.29) is 42.2 Å². The lowest BCUT2D eigenvalue weighted by atomic mass is 9.77. The highest BCUT2D eigenvalue weighted by molar-refractivity contribution is 6.39. The average molecular weight is 990 g/mol. The van der Waals surface area contributed by atoms with Crippen LogP contribution in [-0.2, 0) is 47.7 Å². The monoisotopic (exact) mass is 990 g/mol. The molecule has 1 aromatic heterocycles. The molecule has 3 aliphatic heterocycles. The number of ketones is 3. The minimum atomic E-state index is -3.14. The summed E-state index contributed by atoms with van der Waals surface area (Å²) in [7, 11) is -0.300. The number of carbonyl (C=O) groups is 5. The van der Waals surface area contributed by atoms with E-state index in [0.29, 0.717) is 38.5 Å².